The second-order valence-electron chi connectivity index (χ2n) is 8.40. The number of methoxy groups -OCH3 is 1. The van der Waals surface area contributed by atoms with Crippen molar-refractivity contribution >= 4 is 17.7 Å². The predicted molar refractivity (Wildman–Crippen MR) is 107 cm³/mol. The molecule has 1 aromatic carbocycles. The van der Waals surface area contributed by atoms with Crippen molar-refractivity contribution in [3.8, 4) is 5.75 Å². The Labute approximate surface area is 171 Å². The van der Waals surface area contributed by atoms with Gasteiger partial charge in [-0.3, -0.25) is 14.4 Å². The first-order valence-corrected chi connectivity index (χ1v) is 10.6. The maximum absolute atomic E-state index is 12.9. The third-order valence-electron chi connectivity index (χ3n) is 6.09. The number of amides is 3. The van der Waals surface area contributed by atoms with Gasteiger partial charge in [-0.2, -0.15) is 0 Å². The molecule has 2 saturated carbocycles. The minimum atomic E-state index is -0.580. The number of piperidine rings is 1. The van der Waals surface area contributed by atoms with Crippen LogP contribution >= 0.6 is 0 Å². The molecule has 29 heavy (non-hydrogen) atoms. The standard InChI is InChI=1S/C22H29N3O4/c1-29-18-8-4-15(5-9-18)20(26)24-19(21(27)23-17-6-7-17)14-10-12-25(13-11-14)22(28)16-2-3-16/h4-5,8-9,14,16-17,19H,2-3,6-7,10-13H2,1H3,(H,23,27)(H,24,26)/t19-/m1/s1. The molecule has 0 radical (unpaired) electrons. The van der Waals surface area contributed by atoms with Crippen molar-refractivity contribution in [1.29, 1.82) is 0 Å². The number of nitrogens with zero attached hydrogens (tertiary/aromatic N) is 1. The summed E-state index contributed by atoms with van der Waals surface area (Å²) in [4.78, 5) is 39.9. The molecule has 7 heteroatoms. The lowest BCUT2D eigenvalue weighted by Gasteiger charge is -2.36. The van der Waals surface area contributed by atoms with Gasteiger partial charge in [0.25, 0.3) is 5.91 Å². The quantitative estimate of drug-likeness (QED) is 0.731. The molecule has 7 nitrogen and oxygen atoms in total. The minimum absolute atomic E-state index is 0.0270. The third-order valence-corrected chi connectivity index (χ3v) is 6.09. The van der Waals surface area contributed by atoms with Crippen LogP contribution in [0, 0.1) is 11.8 Å². The van der Waals surface area contributed by atoms with E-state index in [9.17, 15) is 14.4 Å². The highest BCUT2D eigenvalue weighted by Gasteiger charge is 2.39. The second-order valence-corrected chi connectivity index (χ2v) is 8.40. The molecule has 0 aromatic heterocycles. The molecule has 3 aliphatic rings. The molecule has 1 aliphatic heterocycles. The predicted octanol–water partition coefficient (Wildman–Crippen LogP) is 1.72. The molecule has 0 bridgehead atoms. The molecule has 2 N–H and O–H groups in total. The summed E-state index contributed by atoms with van der Waals surface area (Å²) < 4.78 is 5.14. The summed E-state index contributed by atoms with van der Waals surface area (Å²) in [7, 11) is 1.58. The highest BCUT2D eigenvalue weighted by atomic mass is 16.5. The number of carbonyl (C=O) groups excluding carboxylic acids is 3. The van der Waals surface area contributed by atoms with Crippen molar-refractivity contribution in [2.24, 2.45) is 11.8 Å². The van der Waals surface area contributed by atoms with E-state index in [4.69, 9.17) is 4.74 Å². The smallest absolute Gasteiger partial charge is 0.251 e. The Morgan fingerprint density at radius 2 is 1.66 bits per heavy atom. The molecule has 1 aromatic rings. The molecule has 1 saturated heterocycles. The van der Waals surface area contributed by atoms with Crippen molar-refractivity contribution < 1.29 is 19.1 Å². The summed E-state index contributed by atoms with van der Waals surface area (Å²) in [5, 5.41) is 5.99. The van der Waals surface area contributed by atoms with E-state index in [1.165, 1.54) is 0 Å². The van der Waals surface area contributed by atoms with Gasteiger partial charge in [-0.1, -0.05) is 0 Å². The highest BCUT2D eigenvalue weighted by molar-refractivity contribution is 5.97. The topological polar surface area (TPSA) is 87.7 Å². The highest BCUT2D eigenvalue weighted by Crippen LogP contribution is 2.33. The Bertz CT molecular complexity index is 763. The Kier molecular flexibility index (Phi) is 5.74. The first-order valence-electron chi connectivity index (χ1n) is 10.6. The normalized spacial score (nSPS) is 20.7. The fourth-order valence-corrected chi connectivity index (χ4v) is 3.92. The fourth-order valence-electron chi connectivity index (χ4n) is 3.92. The molecule has 3 amide bonds. The first kappa shape index (κ1) is 19.7. The number of rotatable bonds is 7. The van der Waals surface area contributed by atoms with E-state index in [0.717, 1.165) is 38.5 Å². The Morgan fingerprint density at radius 3 is 2.21 bits per heavy atom. The van der Waals surface area contributed by atoms with Crippen LogP contribution in [0.1, 0.15) is 48.9 Å². The minimum Gasteiger partial charge on any atom is -0.497 e. The Hall–Kier alpha value is -2.57. The number of carbonyl (C=O) groups is 3. The van der Waals surface area contributed by atoms with E-state index in [1.54, 1.807) is 31.4 Å². The number of benzene rings is 1. The van der Waals surface area contributed by atoms with Crippen LogP contribution < -0.4 is 15.4 Å². The lowest BCUT2D eigenvalue weighted by atomic mass is 9.88. The fraction of sp³-hybridized carbons (Fsp3) is 0.591. The van der Waals surface area contributed by atoms with Gasteiger partial charge in [-0.15, -0.1) is 0 Å². The van der Waals surface area contributed by atoms with E-state index in [2.05, 4.69) is 10.6 Å². The van der Waals surface area contributed by atoms with E-state index in [0.29, 0.717) is 24.4 Å². The Morgan fingerprint density at radius 1 is 1.00 bits per heavy atom. The number of hydrogen-bond donors (Lipinski definition) is 2. The summed E-state index contributed by atoms with van der Waals surface area (Å²) in [6.07, 6.45) is 5.46. The summed E-state index contributed by atoms with van der Waals surface area (Å²) in [6.45, 7) is 1.32. The summed E-state index contributed by atoms with van der Waals surface area (Å²) in [5.41, 5.74) is 0.497. The number of likely N-dealkylation sites (tertiary alicyclic amines) is 1. The molecule has 4 rings (SSSR count). The molecule has 3 fully saturated rings. The molecule has 0 unspecified atom stereocenters. The van der Waals surface area contributed by atoms with E-state index in [1.807, 2.05) is 4.90 Å². The summed E-state index contributed by atoms with van der Waals surface area (Å²) in [5.74, 6) is 0.804. The van der Waals surface area contributed by atoms with Gasteiger partial charge in [0.05, 0.1) is 7.11 Å². The Balaban J connectivity index is 1.40. The largest absolute Gasteiger partial charge is 0.497 e. The van der Waals surface area contributed by atoms with Crippen molar-refractivity contribution in [2.45, 2.75) is 50.6 Å². The van der Waals surface area contributed by atoms with Crippen LogP contribution in [0.5, 0.6) is 5.75 Å². The molecule has 2 aliphatic carbocycles. The van der Waals surface area contributed by atoms with Crippen molar-refractivity contribution in [3.05, 3.63) is 29.8 Å². The lowest BCUT2D eigenvalue weighted by Crippen LogP contribution is -2.54. The van der Waals surface area contributed by atoms with Gasteiger partial charge in [0, 0.05) is 30.6 Å². The van der Waals surface area contributed by atoms with Crippen molar-refractivity contribution in [1.82, 2.24) is 15.5 Å². The van der Waals surface area contributed by atoms with E-state index >= 15 is 0 Å². The van der Waals surface area contributed by atoms with Crippen LogP contribution in [0.4, 0.5) is 0 Å². The zero-order chi connectivity index (χ0) is 20.4. The zero-order valence-corrected chi connectivity index (χ0v) is 16.9. The molecular formula is C22H29N3O4. The van der Waals surface area contributed by atoms with Crippen LogP contribution in [0.15, 0.2) is 24.3 Å². The summed E-state index contributed by atoms with van der Waals surface area (Å²) in [6, 6.07) is 6.51. The zero-order valence-electron chi connectivity index (χ0n) is 16.9. The first-order chi connectivity index (χ1) is 14.0. The number of ether oxygens (including phenoxy) is 1. The van der Waals surface area contributed by atoms with Crippen LogP contribution in [0.3, 0.4) is 0 Å². The average Bonchev–Trinajstić information content (AvgIpc) is 3.66. The van der Waals surface area contributed by atoms with Gasteiger partial charge in [-0.05, 0) is 68.7 Å². The molecule has 1 atom stereocenters. The monoisotopic (exact) mass is 399 g/mol. The van der Waals surface area contributed by atoms with Crippen LogP contribution in [-0.2, 0) is 9.59 Å². The van der Waals surface area contributed by atoms with Gasteiger partial charge in [-0.25, -0.2) is 0 Å². The summed E-state index contributed by atoms with van der Waals surface area (Å²) >= 11 is 0. The van der Waals surface area contributed by atoms with Crippen LogP contribution in [-0.4, -0.2) is 54.9 Å². The van der Waals surface area contributed by atoms with Gasteiger partial charge >= 0.3 is 0 Å². The number of nitrogens with one attached hydrogen (secondary N) is 2. The van der Waals surface area contributed by atoms with E-state index in [-0.39, 0.29) is 35.6 Å². The third kappa shape index (κ3) is 4.89. The van der Waals surface area contributed by atoms with Crippen LogP contribution in [0.2, 0.25) is 0 Å². The molecule has 156 valence electrons. The molecule has 1 heterocycles. The van der Waals surface area contributed by atoms with E-state index < -0.39 is 6.04 Å². The molecule has 0 spiro atoms. The van der Waals surface area contributed by atoms with Crippen LogP contribution in [0.25, 0.3) is 0 Å². The molecular weight excluding hydrogens is 370 g/mol. The second kappa shape index (κ2) is 8.43. The number of hydrogen-bond acceptors (Lipinski definition) is 4. The van der Waals surface area contributed by atoms with Gasteiger partial charge in [0.1, 0.15) is 11.8 Å². The van der Waals surface area contributed by atoms with Gasteiger partial charge in [0.15, 0.2) is 0 Å². The maximum atomic E-state index is 12.9. The SMILES string of the molecule is COc1ccc(C(=O)N[C@@H](C(=O)NC2CC2)C2CCN(C(=O)C3CC3)CC2)cc1. The maximum Gasteiger partial charge on any atom is 0.251 e. The average molecular weight is 399 g/mol. The lowest BCUT2D eigenvalue weighted by molar-refractivity contribution is -0.134. The van der Waals surface area contributed by atoms with Gasteiger partial charge in [0.2, 0.25) is 11.8 Å². The van der Waals surface area contributed by atoms with Crippen molar-refractivity contribution in [2.75, 3.05) is 20.2 Å². The van der Waals surface area contributed by atoms with Crippen molar-refractivity contribution in [3.63, 3.8) is 0 Å². The van der Waals surface area contributed by atoms with Gasteiger partial charge < -0.3 is 20.3 Å².